The Morgan fingerprint density at radius 3 is 2.72 bits per heavy atom. The Morgan fingerprint density at radius 2 is 2.11 bits per heavy atom. The first-order chi connectivity index (χ1) is 8.37. The van der Waals surface area contributed by atoms with Gasteiger partial charge in [0.1, 0.15) is 0 Å². The Morgan fingerprint density at radius 1 is 1.44 bits per heavy atom. The molecule has 102 valence electrons. The van der Waals surface area contributed by atoms with E-state index in [0.29, 0.717) is 30.8 Å². The Balaban J connectivity index is 2.41. The van der Waals surface area contributed by atoms with Crippen molar-refractivity contribution < 1.29 is 15.0 Å². The van der Waals surface area contributed by atoms with Crippen LogP contribution >= 0.6 is 0 Å². The first-order valence-corrected chi connectivity index (χ1v) is 6.92. The number of Topliss-reactive ketones (excluding diaryl/α,β-unsaturated/α-hetero) is 1. The minimum atomic E-state index is -0.967. The smallest absolute Gasteiger partial charge is 0.164 e. The summed E-state index contributed by atoms with van der Waals surface area (Å²) in [6.07, 6.45) is 3.38. The highest BCUT2D eigenvalue weighted by molar-refractivity contribution is 5.98. The van der Waals surface area contributed by atoms with Gasteiger partial charge in [-0.15, -0.1) is 0 Å². The van der Waals surface area contributed by atoms with E-state index in [1.54, 1.807) is 0 Å². The van der Waals surface area contributed by atoms with Crippen LogP contribution in [0.1, 0.15) is 46.0 Å². The predicted octanol–water partition coefficient (Wildman–Crippen LogP) is 2.07. The number of aliphatic hydroxyl groups is 2. The molecule has 0 amide bonds. The fourth-order valence-corrected chi connectivity index (χ4v) is 4.06. The molecule has 2 bridgehead atoms. The molecule has 2 N–H and O–H groups in total. The third-order valence-electron chi connectivity index (χ3n) is 5.50. The van der Waals surface area contributed by atoms with Crippen molar-refractivity contribution in [3.05, 3.63) is 12.2 Å². The minimum absolute atomic E-state index is 0.0415. The summed E-state index contributed by atoms with van der Waals surface area (Å²) in [6.45, 7) is 8.20. The molecule has 0 saturated heterocycles. The largest absolute Gasteiger partial charge is 0.396 e. The summed E-state index contributed by atoms with van der Waals surface area (Å²) in [5.74, 6) is 0.105. The van der Waals surface area contributed by atoms with E-state index in [-0.39, 0.29) is 23.7 Å². The average Bonchev–Trinajstić information content (AvgIpc) is 2.32. The SMILES string of the molecule is C=C1CC2(C)C(C)CCC(C1=O)C2(O)CCCO. The lowest BCUT2D eigenvalue weighted by molar-refractivity contribution is -0.190. The second-order valence-corrected chi connectivity index (χ2v) is 6.34. The Kier molecular flexibility index (Phi) is 3.41. The molecule has 0 aromatic carbocycles. The van der Waals surface area contributed by atoms with Gasteiger partial charge in [-0.3, -0.25) is 4.79 Å². The van der Waals surface area contributed by atoms with E-state index >= 15 is 0 Å². The van der Waals surface area contributed by atoms with Gasteiger partial charge in [0.05, 0.1) is 11.5 Å². The zero-order valence-corrected chi connectivity index (χ0v) is 11.4. The highest BCUT2D eigenvalue weighted by Gasteiger charge is 2.61. The van der Waals surface area contributed by atoms with E-state index in [4.69, 9.17) is 5.11 Å². The van der Waals surface area contributed by atoms with Gasteiger partial charge in [-0.1, -0.05) is 20.4 Å². The van der Waals surface area contributed by atoms with E-state index in [1.807, 2.05) is 0 Å². The number of carbonyl (C=O) groups excluding carboxylic acids is 1. The van der Waals surface area contributed by atoms with E-state index in [0.717, 1.165) is 12.8 Å². The summed E-state index contributed by atoms with van der Waals surface area (Å²) in [4.78, 5) is 12.2. The molecular weight excluding hydrogens is 228 g/mol. The molecule has 3 heteroatoms. The number of ketones is 1. The lowest BCUT2D eigenvalue weighted by Gasteiger charge is -2.59. The molecule has 0 aromatic rings. The van der Waals surface area contributed by atoms with Crippen LogP contribution in [0.5, 0.6) is 0 Å². The molecule has 0 aliphatic heterocycles. The van der Waals surface area contributed by atoms with Crippen LogP contribution < -0.4 is 0 Å². The number of fused-ring (bicyclic) bond motifs is 2. The highest BCUT2D eigenvalue weighted by Crippen LogP contribution is 2.59. The zero-order valence-electron chi connectivity index (χ0n) is 11.4. The second kappa shape index (κ2) is 4.46. The van der Waals surface area contributed by atoms with Crippen LogP contribution in [-0.4, -0.2) is 28.2 Å². The predicted molar refractivity (Wildman–Crippen MR) is 70.0 cm³/mol. The molecule has 3 nitrogen and oxygen atoms in total. The van der Waals surface area contributed by atoms with Crippen LogP contribution in [0.25, 0.3) is 0 Å². The van der Waals surface area contributed by atoms with Crippen LogP contribution in [0.15, 0.2) is 12.2 Å². The van der Waals surface area contributed by atoms with Crippen LogP contribution in [0.4, 0.5) is 0 Å². The molecule has 0 radical (unpaired) electrons. The van der Waals surface area contributed by atoms with Crippen molar-refractivity contribution in [3.63, 3.8) is 0 Å². The van der Waals surface area contributed by atoms with Crippen LogP contribution in [0.3, 0.4) is 0 Å². The molecule has 2 aliphatic rings. The van der Waals surface area contributed by atoms with Gasteiger partial charge in [-0.25, -0.2) is 0 Å². The van der Waals surface area contributed by atoms with Gasteiger partial charge in [-0.2, -0.15) is 0 Å². The molecule has 4 unspecified atom stereocenters. The zero-order chi connectivity index (χ0) is 13.6. The van der Waals surface area contributed by atoms with Crippen LogP contribution in [0.2, 0.25) is 0 Å². The van der Waals surface area contributed by atoms with Crippen molar-refractivity contribution in [3.8, 4) is 0 Å². The van der Waals surface area contributed by atoms with Crippen molar-refractivity contribution >= 4 is 5.78 Å². The number of aliphatic hydroxyl groups excluding tert-OH is 1. The molecule has 2 rings (SSSR count). The maximum absolute atomic E-state index is 12.2. The summed E-state index contributed by atoms with van der Waals surface area (Å²) in [7, 11) is 0. The van der Waals surface area contributed by atoms with Crippen molar-refractivity contribution in [2.45, 2.75) is 51.6 Å². The van der Waals surface area contributed by atoms with Gasteiger partial charge in [0.2, 0.25) is 0 Å². The summed E-state index contributed by atoms with van der Waals surface area (Å²) in [5.41, 5.74) is -0.579. The molecule has 18 heavy (non-hydrogen) atoms. The molecule has 0 aromatic heterocycles. The van der Waals surface area contributed by atoms with Gasteiger partial charge < -0.3 is 10.2 Å². The molecule has 4 atom stereocenters. The number of allylic oxidation sites excluding steroid dienone is 1. The van der Waals surface area contributed by atoms with Crippen molar-refractivity contribution in [2.24, 2.45) is 17.3 Å². The Hall–Kier alpha value is -0.670. The van der Waals surface area contributed by atoms with Gasteiger partial charge in [0, 0.05) is 12.0 Å². The fraction of sp³-hybridized carbons (Fsp3) is 0.800. The monoisotopic (exact) mass is 252 g/mol. The summed E-state index contributed by atoms with van der Waals surface area (Å²) in [6, 6.07) is 0. The average molecular weight is 252 g/mol. The first kappa shape index (κ1) is 13.8. The van der Waals surface area contributed by atoms with Crippen molar-refractivity contribution in [1.82, 2.24) is 0 Å². The summed E-state index contributed by atoms with van der Waals surface area (Å²) >= 11 is 0. The maximum atomic E-state index is 12.2. The summed E-state index contributed by atoms with van der Waals surface area (Å²) < 4.78 is 0. The molecule has 2 saturated carbocycles. The number of rotatable bonds is 3. The third-order valence-corrected chi connectivity index (χ3v) is 5.50. The summed E-state index contributed by atoms with van der Waals surface area (Å²) in [5, 5.41) is 20.2. The molecular formula is C15H24O3. The van der Waals surface area contributed by atoms with E-state index < -0.39 is 5.60 Å². The van der Waals surface area contributed by atoms with Gasteiger partial charge in [-0.05, 0) is 43.6 Å². The molecule has 0 spiro atoms. The van der Waals surface area contributed by atoms with Gasteiger partial charge >= 0.3 is 0 Å². The topological polar surface area (TPSA) is 57.5 Å². The van der Waals surface area contributed by atoms with Crippen LogP contribution in [-0.2, 0) is 4.79 Å². The standard InChI is InChI=1S/C15H24O3/c1-10-9-14(3)11(2)5-6-12(13(10)17)15(14,18)7-4-8-16/h11-12,16,18H,1,4-9H2,2-3H3. The normalized spacial score (nSPS) is 44.2. The Bertz CT molecular complexity index is 376. The first-order valence-electron chi connectivity index (χ1n) is 6.92. The number of hydrogen-bond donors (Lipinski definition) is 2. The second-order valence-electron chi connectivity index (χ2n) is 6.34. The van der Waals surface area contributed by atoms with Gasteiger partial charge in [0.25, 0.3) is 0 Å². The molecule has 2 fully saturated rings. The van der Waals surface area contributed by atoms with E-state index in [9.17, 15) is 9.90 Å². The van der Waals surface area contributed by atoms with E-state index in [2.05, 4.69) is 20.4 Å². The number of carbonyl (C=O) groups is 1. The fourth-order valence-electron chi connectivity index (χ4n) is 4.06. The van der Waals surface area contributed by atoms with Crippen molar-refractivity contribution in [1.29, 1.82) is 0 Å². The molecule has 2 aliphatic carbocycles. The highest BCUT2D eigenvalue weighted by atomic mass is 16.3. The van der Waals surface area contributed by atoms with Crippen molar-refractivity contribution in [2.75, 3.05) is 6.61 Å². The quantitative estimate of drug-likeness (QED) is 0.756. The van der Waals surface area contributed by atoms with E-state index in [1.165, 1.54) is 0 Å². The van der Waals surface area contributed by atoms with Crippen LogP contribution in [0, 0.1) is 17.3 Å². The lowest BCUT2D eigenvalue weighted by Crippen LogP contribution is -2.63. The number of hydrogen-bond acceptors (Lipinski definition) is 3. The van der Waals surface area contributed by atoms with Gasteiger partial charge in [0.15, 0.2) is 5.78 Å². The Labute approximate surface area is 109 Å². The lowest BCUT2D eigenvalue weighted by atomic mass is 9.47. The minimum Gasteiger partial charge on any atom is -0.396 e. The molecule has 0 heterocycles. The maximum Gasteiger partial charge on any atom is 0.164 e. The third kappa shape index (κ3) is 1.68.